The van der Waals surface area contributed by atoms with Crippen LogP contribution in [-0.4, -0.2) is 35.5 Å². The lowest BCUT2D eigenvalue weighted by Crippen LogP contribution is -2.39. The molecule has 124 valence electrons. The molecule has 1 amide bonds. The van der Waals surface area contributed by atoms with E-state index in [4.69, 9.17) is 0 Å². The van der Waals surface area contributed by atoms with Crippen LogP contribution in [0.25, 0.3) is 5.57 Å². The molecule has 1 aliphatic rings. The van der Waals surface area contributed by atoms with E-state index in [1.54, 1.807) is 19.2 Å². The summed E-state index contributed by atoms with van der Waals surface area (Å²) >= 11 is 0. The van der Waals surface area contributed by atoms with Gasteiger partial charge in [0.05, 0.1) is 12.4 Å². The van der Waals surface area contributed by atoms with E-state index in [2.05, 4.69) is 21.3 Å². The number of carbonyl (C=O) groups is 1. The highest BCUT2D eigenvalue weighted by atomic mass is 19.1. The van der Waals surface area contributed by atoms with Gasteiger partial charge in [-0.2, -0.15) is 0 Å². The number of pyridine rings is 1. The van der Waals surface area contributed by atoms with Gasteiger partial charge in [0.15, 0.2) is 0 Å². The second kappa shape index (κ2) is 7.36. The number of aromatic nitrogens is 1. The average molecular weight is 325 g/mol. The Morgan fingerprint density at radius 1 is 1.33 bits per heavy atom. The van der Waals surface area contributed by atoms with Crippen molar-refractivity contribution in [2.45, 2.75) is 13.3 Å². The lowest BCUT2D eigenvalue weighted by Gasteiger charge is -2.26. The molecule has 0 bridgehead atoms. The molecule has 1 N–H and O–H groups in total. The Bertz CT molecular complexity index is 758. The number of aryl methyl sites for hydroxylation is 1. The van der Waals surface area contributed by atoms with Crippen LogP contribution in [0.4, 0.5) is 4.39 Å². The van der Waals surface area contributed by atoms with Gasteiger partial charge in [-0.25, -0.2) is 4.39 Å². The molecule has 0 saturated carbocycles. The second-order valence-corrected chi connectivity index (χ2v) is 5.90. The molecule has 1 aliphatic heterocycles. The second-order valence-electron chi connectivity index (χ2n) is 5.90. The van der Waals surface area contributed by atoms with Crippen LogP contribution < -0.4 is 5.32 Å². The van der Waals surface area contributed by atoms with Gasteiger partial charge in [0.1, 0.15) is 5.82 Å². The Morgan fingerprint density at radius 3 is 2.88 bits per heavy atom. The fraction of sp³-hybridized carbons (Fsp3) is 0.263. The Hall–Kier alpha value is -2.53. The fourth-order valence-electron chi connectivity index (χ4n) is 2.71. The lowest BCUT2D eigenvalue weighted by molar-refractivity contribution is 0.0926. The molecule has 0 aliphatic carbocycles. The zero-order valence-corrected chi connectivity index (χ0v) is 13.6. The Kier molecular flexibility index (Phi) is 5.01. The molecule has 0 saturated heterocycles. The number of amides is 1. The number of benzene rings is 1. The molecule has 1 aromatic heterocycles. The summed E-state index contributed by atoms with van der Waals surface area (Å²) < 4.78 is 13.3. The highest BCUT2D eigenvalue weighted by Gasteiger charge is 2.15. The Labute approximate surface area is 141 Å². The summed E-state index contributed by atoms with van der Waals surface area (Å²) in [7, 11) is 0. The predicted molar refractivity (Wildman–Crippen MR) is 91.9 cm³/mol. The van der Waals surface area contributed by atoms with Crippen LogP contribution in [0.2, 0.25) is 0 Å². The van der Waals surface area contributed by atoms with Crippen molar-refractivity contribution in [3.05, 3.63) is 71.3 Å². The van der Waals surface area contributed by atoms with Crippen molar-refractivity contribution >= 4 is 11.5 Å². The van der Waals surface area contributed by atoms with Gasteiger partial charge < -0.3 is 5.32 Å². The lowest BCUT2D eigenvalue weighted by atomic mass is 10.0. The highest BCUT2D eigenvalue weighted by molar-refractivity contribution is 5.94. The quantitative estimate of drug-likeness (QED) is 0.940. The monoisotopic (exact) mass is 325 g/mol. The van der Waals surface area contributed by atoms with E-state index < -0.39 is 0 Å². The summed E-state index contributed by atoms with van der Waals surface area (Å²) in [6.45, 7) is 3.77. The van der Waals surface area contributed by atoms with Crippen LogP contribution in [-0.2, 0) is 0 Å². The molecule has 0 unspecified atom stereocenters. The van der Waals surface area contributed by atoms with E-state index in [9.17, 15) is 9.18 Å². The maximum atomic E-state index is 13.3. The number of nitrogens with zero attached hydrogens (tertiary/aromatic N) is 2. The molecule has 3 rings (SSSR count). The fourth-order valence-corrected chi connectivity index (χ4v) is 2.71. The van der Waals surface area contributed by atoms with Gasteiger partial charge in [-0.3, -0.25) is 14.7 Å². The third-order valence-electron chi connectivity index (χ3n) is 4.17. The van der Waals surface area contributed by atoms with E-state index in [-0.39, 0.29) is 11.7 Å². The van der Waals surface area contributed by atoms with Crippen LogP contribution in [0.15, 0.2) is 48.7 Å². The highest BCUT2D eigenvalue weighted by Crippen LogP contribution is 2.19. The molecule has 0 spiro atoms. The van der Waals surface area contributed by atoms with Crippen molar-refractivity contribution in [3.63, 3.8) is 0 Å². The molecule has 2 heterocycles. The van der Waals surface area contributed by atoms with Gasteiger partial charge in [-0.15, -0.1) is 0 Å². The van der Waals surface area contributed by atoms with Gasteiger partial charge in [-0.1, -0.05) is 12.1 Å². The summed E-state index contributed by atoms with van der Waals surface area (Å²) in [5, 5.41) is 2.89. The number of hydrogen-bond donors (Lipinski definition) is 1. The predicted octanol–water partition coefficient (Wildman–Crippen LogP) is 3.01. The van der Waals surface area contributed by atoms with Crippen molar-refractivity contribution < 1.29 is 9.18 Å². The van der Waals surface area contributed by atoms with Gasteiger partial charge in [0.25, 0.3) is 5.91 Å². The van der Waals surface area contributed by atoms with E-state index >= 15 is 0 Å². The van der Waals surface area contributed by atoms with Gasteiger partial charge >= 0.3 is 0 Å². The number of hydrogen-bond acceptors (Lipinski definition) is 3. The van der Waals surface area contributed by atoms with Crippen molar-refractivity contribution in [2.75, 3.05) is 19.8 Å². The number of halogens is 1. The minimum Gasteiger partial charge on any atom is -0.339 e. The first-order valence-corrected chi connectivity index (χ1v) is 8.00. The zero-order chi connectivity index (χ0) is 16.9. The molecule has 4 nitrogen and oxygen atoms in total. The number of nitrogens with one attached hydrogen (secondary N) is 1. The first-order valence-electron chi connectivity index (χ1n) is 8.00. The molecule has 0 fully saturated rings. The summed E-state index contributed by atoms with van der Waals surface area (Å²) in [4.78, 5) is 18.7. The number of rotatable bonds is 4. The maximum absolute atomic E-state index is 13.3. The average Bonchev–Trinajstić information content (AvgIpc) is 2.63. The summed E-state index contributed by atoms with van der Waals surface area (Å²) in [5.41, 5.74) is 3.22. The third-order valence-corrected chi connectivity index (χ3v) is 4.17. The molecule has 5 heteroatoms. The minimum atomic E-state index is -0.297. The largest absolute Gasteiger partial charge is 0.339 e. The van der Waals surface area contributed by atoms with Crippen LogP contribution in [0.3, 0.4) is 0 Å². The maximum Gasteiger partial charge on any atom is 0.252 e. The Morgan fingerprint density at radius 2 is 2.21 bits per heavy atom. The molecule has 2 aromatic rings. The summed E-state index contributed by atoms with van der Waals surface area (Å²) in [6.07, 6.45) is 4.86. The normalized spacial score (nSPS) is 15.0. The molecule has 24 heavy (non-hydrogen) atoms. The minimum absolute atomic E-state index is 0.183. The van der Waals surface area contributed by atoms with Crippen LogP contribution in [0.5, 0.6) is 0 Å². The van der Waals surface area contributed by atoms with E-state index in [0.29, 0.717) is 17.8 Å². The smallest absolute Gasteiger partial charge is 0.252 e. The van der Waals surface area contributed by atoms with Gasteiger partial charge in [-0.05, 0) is 54.8 Å². The Balaban J connectivity index is 1.54. The van der Waals surface area contributed by atoms with Gasteiger partial charge in [0, 0.05) is 24.8 Å². The van der Waals surface area contributed by atoms with Crippen molar-refractivity contribution in [1.29, 1.82) is 0 Å². The van der Waals surface area contributed by atoms with E-state index in [0.717, 1.165) is 25.2 Å². The van der Waals surface area contributed by atoms with E-state index in [1.165, 1.54) is 17.7 Å². The standard InChI is InChI=1S/C19H20FN3O/c1-14-12-16(5-6-17(14)20)19(24)22-13-23-10-7-15(8-11-23)18-4-2-3-9-21-18/h2-7,9,12H,8,10-11,13H2,1H3,(H,22,24). The topological polar surface area (TPSA) is 45.2 Å². The first-order chi connectivity index (χ1) is 11.6. The van der Waals surface area contributed by atoms with Crippen molar-refractivity contribution in [1.82, 2.24) is 15.2 Å². The number of carbonyl (C=O) groups excluding carboxylic acids is 1. The molecular weight excluding hydrogens is 305 g/mol. The third kappa shape index (κ3) is 3.86. The van der Waals surface area contributed by atoms with Gasteiger partial charge in [0.2, 0.25) is 0 Å². The van der Waals surface area contributed by atoms with Crippen molar-refractivity contribution in [2.24, 2.45) is 0 Å². The summed E-state index contributed by atoms with van der Waals surface area (Å²) in [5.74, 6) is -0.479. The van der Waals surface area contributed by atoms with Crippen LogP contribution in [0.1, 0.15) is 28.0 Å². The SMILES string of the molecule is Cc1cc(C(=O)NCN2CC=C(c3ccccn3)CC2)ccc1F. The van der Waals surface area contributed by atoms with Crippen molar-refractivity contribution in [3.8, 4) is 0 Å². The summed E-state index contributed by atoms with van der Waals surface area (Å²) in [6, 6.07) is 10.3. The molecular formula is C19H20FN3O. The first kappa shape index (κ1) is 16.3. The molecule has 0 radical (unpaired) electrons. The van der Waals surface area contributed by atoms with Crippen LogP contribution in [0, 0.1) is 12.7 Å². The molecule has 0 atom stereocenters. The van der Waals surface area contributed by atoms with Crippen LogP contribution >= 0.6 is 0 Å². The van der Waals surface area contributed by atoms with E-state index in [1.807, 2.05) is 18.2 Å². The molecule has 1 aromatic carbocycles. The zero-order valence-electron chi connectivity index (χ0n) is 13.6.